The van der Waals surface area contributed by atoms with Crippen LogP contribution in [0.4, 0.5) is 4.79 Å². The first-order chi connectivity index (χ1) is 13.9. The van der Waals surface area contributed by atoms with E-state index in [0.29, 0.717) is 10.8 Å². The molecule has 3 aromatic rings. The van der Waals surface area contributed by atoms with E-state index in [1.807, 2.05) is 49.4 Å². The molecule has 0 aliphatic rings. The highest BCUT2D eigenvalue weighted by Gasteiger charge is 2.16. The number of carbonyl (C=O) groups excluding carboxylic acids is 2. The maximum absolute atomic E-state index is 12.1. The molecule has 29 heavy (non-hydrogen) atoms. The van der Waals surface area contributed by atoms with Crippen molar-refractivity contribution in [1.82, 2.24) is 10.9 Å². The third kappa shape index (κ3) is 5.62. The summed E-state index contributed by atoms with van der Waals surface area (Å²) in [6, 6.07) is 18.8. The molecule has 0 heterocycles. The van der Waals surface area contributed by atoms with Crippen molar-refractivity contribution in [3.63, 3.8) is 0 Å². The molecule has 0 saturated carbocycles. The molecule has 1 atom stereocenters. The van der Waals surface area contributed by atoms with Crippen molar-refractivity contribution in [3.8, 4) is 5.75 Å². The van der Waals surface area contributed by atoms with Gasteiger partial charge in [0.15, 0.2) is 6.10 Å². The molecule has 2 amide bonds. The maximum Gasteiger partial charge on any atom is 0.426 e. The van der Waals surface area contributed by atoms with Gasteiger partial charge in [0.25, 0.3) is 5.91 Å². The molecule has 0 spiro atoms. The summed E-state index contributed by atoms with van der Waals surface area (Å²) in [7, 11) is 0. The lowest BCUT2D eigenvalue weighted by atomic mass is 10.1. The van der Waals surface area contributed by atoms with Crippen LogP contribution in [0.2, 0.25) is 5.02 Å². The Balaban J connectivity index is 1.45. The minimum Gasteiger partial charge on any atom is -0.481 e. The summed E-state index contributed by atoms with van der Waals surface area (Å²) in [6.07, 6.45) is -1.59. The van der Waals surface area contributed by atoms with Crippen LogP contribution < -0.4 is 15.6 Å². The Morgan fingerprint density at radius 1 is 1.00 bits per heavy atom. The van der Waals surface area contributed by atoms with Gasteiger partial charge in [-0.1, -0.05) is 48.0 Å². The van der Waals surface area contributed by atoms with Gasteiger partial charge in [0.05, 0.1) is 0 Å². The van der Waals surface area contributed by atoms with E-state index in [1.165, 1.54) is 0 Å². The van der Waals surface area contributed by atoms with Crippen LogP contribution in [0, 0.1) is 6.92 Å². The van der Waals surface area contributed by atoms with Crippen LogP contribution in [-0.2, 0) is 16.1 Å². The molecule has 0 unspecified atom stereocenters. The summed E-state index contributed by atoms with van der Waals surface area (Å²) in [4.78, 5) is 23.9. The van der Waals surface area contributed by atoms with Crippen molar-refractivity contribution in [1.29, 1.82) is 0 Å². The van der Waals surface area contributed by atoms with Gasteiger partial charge >= 0.3 is 6.09 Å². The second-order valence-corrected chi connectivity index (χ2v) is 6.95. The molecule has 0 bridgehead atoms. The highest BCUT2D eigenvalue weighted by atomic mass is 35.5. The molecular formula is C22H21ClN2O4. The number of aryl methyl sites for hydroxylation is 1. The summed E-state index contributed by atoms with van der Waals surface area (Å²) in [5, 5.41) is 2.79. The zero-order valence-corrected chi connectivity index (χ0v) is 16.8. The number of rotatable bonds is 5. The van der Waals surface area contributed by atoms with Gasteiger partial charge in [-0.25, -0.2) is 10.2 Å². The Kier molecular flexibility index (Phi) is 6.57. The van der Waals surface area contributed by atoms with E-state index in [1.54, 1.807) is 25.1 Å². The minimum absolute atomic E-state index is 0.0860. The fourth-order valence-electron chi connectivity index (χ4n) is 2.68. The summed E-state index contributed by atoms with van der Waals surface area (Å²) >= 11 is 5.97. The summed E-state index contributed by atoms with van der Waals surface area (Å²) in [5.74, 6) is -0.00584. The fourth-order valence-corrected chi connectivity index (χ4v) is 2.79. The number of carbonyl (C=O) groups is 2. The van der Waals surface area contributed by atoms with E-state index in [0.717, 1.165) is 21.9 Å². The van der Waals surface area contributed by atoms with Gasteiger partial charge in [0, 0.05) is 5.02 Å². The number of nitrogens with one attached hydrogen (secondary N) is 2. The number of ether oxygens (including phenoxy) is 2. The topological polar surface area (TPSA) is 76.7 Å². The van der Waals surface area contributed by atoms with Crippen LogP contribution in [0.3, 0.4) is 0 Å². The van der Waals surface area contributed by atoms with Crippen molar-refractivity contribution in [2.24, 2.45) is 0 Å². The maximum atomic E-state index is 12.1. The highest BCUT2D eigenvalue weighted by molar-refractivity contribution is 6.31. The van der Waals surface area contributed by atoms with Crippen LogP contribution in [0.25, 0.3) is 10.8 Å². The fraction of sp³-hybridized carbons (Fsp3) is 0.182. The third-order valence-electron chi connectivity index (χ3n) is 4.28. The predicted octanol–water partition coefficient (Wildman–Crippen LogP) is 4.53. The number of fused-ring (bicyclic) bond motifs is 1. The monoisotopic (exact) mass is 412 g/mol. The molecule has 0 saturated heterocycles. The van der Waals surface area contributed by atoms with Crippen LogP contribution in [0.15, 0.2) is 60.7 Å². The van der Waals surface area contributed by atoms with E-state index in [4.69, 9.17) is 21.1 Å². The van der Waals surface area contributed by atoms with Crippen molar-refractivity contribution < 1.29 is 19.1 Å². The molecule has 7 heteroatoms. The van der Waals surface area contributed by atoms with E-state index < -0.39 is 18.1 Å². The van der Waals surface area contributed by atoms with E-state index in [9.17, 15) is 9.59 Å². The molecule has 2 N–H and O–H groups in total. The van der Waals surface area contributed by atoms with Crippen LogP contribution in [0.5, 0.6) is 5.75 Å². The summed E-state index contributed by atoms with van der Waals surface area (Å²) in [5.41, 5.74) is 6.18. The highest BCUT2D eigenvalue weighted by Crippen LogP contribution is 2.22. The van der Waals surface area contributed by atoms with Crippen molar-refractivity contribution in [2.75, 3.05) is 0 Å². The molecule has 3 aromatic carbocycles. The second kappa shape index (κ2) is 9.30. The lowest BCUT2D eigenvalue weighted by Crippen LogP contribution is -2.47. The first-order valence-corrected chi connectivity index (χ1v) is 9.43. The Bertz CT molecular complexity index is 1040. The molecule has 0 fully saturated rings. The number of hydrogen-bond donors (Lipinski definition) is 2. The second-order valence-electron chi connectivity index (χ2n) is 6.54. The van der Waals surface area contributed by atoms with Gasteiger partial charge in [0.2, 0.25) is 0 Å². The van der Waals surface area contributed by atoms with E-state index >= 15 is 0 Å². The summed E-state index contributed by atoms with van der Waals surface area (Å²) in [6.45, 7) is 3.50. The van der Waals surface area contributed by atoms with Crippen molar-refractivity contribution >= 4 is 34.4 Å². The van der Waals surface area contributed by atoms with Crippen LogP contribution >= 0.6 is 11.6 Å². The zero-order chi connectivity index (χ0) is 20.8. The third-order valence-corrected chi connectivity index (χ3v) is 4.71. The molecular weight excluding hydrogens is 392 g/mol. The van der Waals surface area contributed by atoms with Gasteiger partial charge in [-0.2, -0.15) is 0 Å². The van der Waals surface area contributed by atoms with Gasteiger partial charge in [-0.3, -0.25) is 10.2 Å². The quantitative estimate of drug-likeness (QED) is 0.604. The molecule has 0 aromatic heterocycles. The number of benzene rings is 3. The molecule has 0 aliphatic heterocycles. The molecule has 0 aliphatic carbocycles. The SMILES string of the molecule is Cc1cc(O[C@@H](C)C(=O)NNC(=O)OCc2ccc3ccccc3c2)ccc1Cl. The largest absolute Gasteiger partial charge is 0.481 e. The average molecular weight is 413 g/mol. The molecule has 0 radical (unpaired) electrons. The molecule has 6 nitrogen and oxygen atoms in total. The van der Waals surface area contributed by atoms with Gasteiger partial charge in [0.1, 0.15) is 12.4 Å². The zero-order valence-electron chi connectivity index (χ0n) is 16.1. The Hall–Kier alpha value is -3.25. The Morgan fingerprint density at radius 3 is 2.52 bits per heavy atom. The van der Waals surface area contributed by atoms with Gasteiger partial charge in [-0.15, -0.1) is 0 Å². The smallest absolute Gasteiger partial charge is 0.426 e. The van der Waals surface area contributed by atoms with Crippen molar-refractivity contribution in [2.45, 2.75) is 26.6 Å². The van der Waals surface area contributed by atoms with Gasteiger partial charge < -0.3 is 9.47 Å². The van der Waals surface area contributed by atoms with Crippen molar-refractivity contribution in [3.05, 3.63) is 76.8 Å². The average Bonchev–Trinajstić information content (AvgIpc) is 2.72. The lowest BCUT2D eigenvalue weighted by Gasteiger charge is -2.15. The van der Waals surface area contributed by atoms with E-state index in [-0.39, 0.29) is 6.61 Å². The minimum atomic E-state index is -0.823. The summed E-state index contributed by atoms with van der Waals surface area (Å²) < 4.78 is 10.7. The van der Waals surface area contributed by atoms with E-state index in [2.05, 4.69) is 10.9 Å². The number of hydrazine groups is 1. The standard InChI is InChI=1S/C22H21ClN2O4/c1-14-11-19(9-10-20(14)23)29-15(2)21(26)24-25-22(27)28-13-16-7-8-17-5-3-4-6-18(17)12-16/h3-12,15H,13H2,1-2H3,(H,24,26)(H,25,27)/t15-/m0/s1. The molecule has 3 rings (SSSR count). The first-order valence-electron chi connectivity index (χ1n) is 9.05. The lowest BCUT2D eigenvalue weighted by molar-refractivity contribution is -0.128. The first kappa shape index (κ1) is 20.5. The van der Waals surface area contributed by atoms with Gasteiger partial charge in [-0.05, 0) is 60.0 Å². The number of hydrogen-bond acceptors (Lipinski definition) is 4. The Morgan fingerprint density at radius 2 is 1.76 bits per heavy atom. The number of halogens is 1. The molecule has 150 valence electrons. The van der Waals surface area contributed by atoms with Crippen LogP contribution in [0.1, 0.15) is 18.1 Å². The normalized spacial score (nSPS) is 11.6. The Labute approximate surface area is 173 Å². The number of amides is 2. The predicted molar refractivity (Wildman–Crippen MR) is 112 cm³/mol. The van der Waals surface area contributed by atoms with Crippen LogP contribution in [-0.4, -0.2) is 18.1 Å².